The average molecular weight is 440 g/mol. The molecule has 2 aliphatic rings. The van der Waals surface area contributed by atoms with Crippen LogP contribution in [0.3, 0.4) is 0 Å². The molecule has 10 nitrogen and oxygen atoms in total. The number of imide groups is 1. The van der Waals surface area contributed by atoms with Crippen molar-refractivity contribution in [2.24, 2.45) is 0 Å². The molecule has 0 saturated carbocycles. The van der Waals surface area contributed by atoms with Crippen LogP contribution in [0.5, 0.6) is 0 Å². The van der Waals surface area contributed by atoms with Crippen molar-refractivity contribution in [3.8, 4) is 0 Å². The maximum Gasteiger partial charge on any atom is 0.410 e. The van der Waals surface area contributed by atoms with E-state index >= 15 is 0 Å². The molecule has 1 aromatic carbocycles. The lowest BCUT2D eigenvalue weighted by molar-refractivity contribution is -0.0584. The van der Waals surface area contributed by atoms with Gasteiger partial charge < -0.3 is 14.5 Å². The molecule has 2 aromatic rings. The minimum absolute atomic E-state index is 0.0935. The van der Waals surface area contributed by atoms with Gasteiger partial charge in [-0.15, -0.1) is 0 Å². The number of ether oxygens (including phenoxy) is 1. The van der Waals surface area contributed by atoms with Gasteiger partial charge in [0.15, 0.2) is 0 Å². The number of aromatic nitrogens is 2. The first kappa shape index (κ1) is 21.5. The lowest BCUT2D eigenvalue weighted by Crippen LogP contribution is -2.43. The summed E-state index contributed by atoms with van der Waals surface area (Å²) in [6, 6.07) is 6.12. The second-order valence-electron chi connectivity index (χ2n) is 8.76. The van der Waals surface area contributed by atoms with Gasteiger partial charge in [-0.2, -0.15) is 5.10 Å². The van der Waals surface area contributed by atoms with Gasteiger partial charge in [0.1, 0.15) is 5.60 Å². The van der Waals surface area contributed by atoms with E-state index in [1.165, 1.54) is 24.5 Å². The summed E-state index contributed by atoms with van der Waals surface area (Å²) >= 11 is 0. The minimum atomic E-state index is -0.870. The van der Waals surface area contributed by atoms with Crippen LogP contribution in [0.25, 0.3) is 0 Å². The number of hydrogen-bond donors (Lipinski definition) is 0. The maximum atomic E-state index is 12.6. The Morgan fingerprint density at radius 1 is 1.09 bits per heavy atom. The molecule has 1 atom stereocenters. The smallest absolute Gasteiger partial charge is 0.410 e. The van der Waals surface area contributed by atoms with Crippen molar-refractivity contribution in [3.05, 3.63) is 53.3 Å². The van der Waals surface area contributed by atoms with E-state index in [0.29, 0.717) is 18.2 Å². The van der Waals surface area contributed by atoms with Crippen LogP contribution in [0, 0.1) is 0 Å². The van der Waals surface area contributed by atoms with Crippen molar-refractivity contribution in [3.63, 3.8) is 0 Å². The first-order chi connectivity index (χ1) is 15.1. The Labute approximate surface area is 184 Å². The van der Waals surface area contributed by atoms with E-state index in [0.717, 1.165) is 12.8 Å². The minimum Gasteiger partial charge on any atom is -0.444 e. The third kappa shape index (κ3) is 4.20. The number of benzene rings is 1. The highest BCUT2D eigenvalue weighted by Crippen LogP contribution is 2.25. The zero-order chi connectivity index (χ0) is 23.0. The molecule has 1 aromatic heterocycles. The maximum absolute atomic E-state index is 12.6. The molecule has 1 unspecified atom stereocenters. The molecule has 168 valence electrons. The average Bonchev–Trinajstić information content (AvgIpc) is 3.33. The summed E-state index contributed by atoms with van der Waals surface area (Å²) in [5.74, 6) is -2.25. The van der Waals surface area contributed by atoms with Gasteiger partial charge >= 0.3 is 12.1 Å². The lowest BCUT2D eigenvalue weighted by Gasteiger charge is -2.34. The normalized spacial score (nSPS) is 18.5. The Bertz CT molecular complexity index is 1050. The van der Waals surface area contributed by atoms with Crippen molar-refractivity contribution in [1.82, 2.24) is 19.7 Å². The molecule has 0 aliphatic carbocycles. The number of carbonyl (C=O) groups is 4. The van der Waals surface area contributed by atoms with Crippen LogP contribution in [-0.4, -0.2) is 62.3 Å². The number of nitrogens with zero attached hydrogens (tertiary/aromatic N) is 4. The topological polar surface area (TPSA) is 111 Å². The van der Waals surface area contributed by atoms with Crippen LogP contribution >= 0.6 is 0 Å². The zero-order valence-corrected chi connectivity index (χ0v) is 18.1. The number of likely N-dealkylation sites (tertiary alicyclic amines) is 1. The van der Waals surface area contributed by atoms with Gasteiger partial charge in [-0.3, -0.25) is 14.3 Å². The number of carbonyl (C=O) groups excluding carboxylic acids is 4. The molecular formula is C22H24N4O6. The zero-order valence-electron chi connectivity index (χ0n) is 18.1. The van der Waals surface area contributed by atoms with Gasteiger partial charge in [0, 0.05) is 19.3 Å². The van der Waals surface area contributed by atoms with E-state index in [2.05, 4.69) is 5.10 Å². The number of rotatable bonds is 3. The summed E-state index contributed by atoms with van der Waals surface area (Å²) in [5.41, 5.74) is -0.122. The van der Waals surface area contributed by atoms with Crippen LogP contribution in [0.4, 0.5) is 4.79 Å². The van der Waals surface area contributed by atoms with E-state index in [1.54, 1.807) is 21.7 Å². The number of hydroxylamine groups is 2. The highest BCUT2D eigenvalue weighted by atomic mass is 16.7. The van der Waals surface area contributed by atoms with Crippen LogP contribution in [0.2, 0.25) is 0 Å². The summed E-state index contributed by atoms with van der Waals surface area (Å²) in [6.07, 6.45) is 3.95. The Morgan fingerprint density at radius 2 is 1.75 bits per heavy atom. The highest BCUT2D eigenvalue weighted by Gasteiger charge is 2.39. The molecular weight excluding hydrogens is 416 g/mol. The molecule has 0 spiro atoms. The lowest BCUT2D eigenvalue weighted by atomic mass is 10.1. The van der Waals surface area contributed by atoms with Gasteiger partial charge in [0.05, 0.1) is 28.9 Å². The van der Waals surface area contributed by atoms with Gasteiger partial charge in [-0.1, -0.05) is 17.2 Å². The molecule has 1 saturated heterocycles. The fourth-order valence-corrected chi connectivity index (χ4v) is 3.69. The predicted octanol–water partition coefficient (Wildman–Crippen LogP) is 2.82. The molecule has 3 heterocycles. The third-order valence-electron chi connectivity index (χ3n) is 5.19. The molecule has 1 fully saturated rings. The molecule has 10 heteroatoms. The summed E-state index contributed by atoms with van der Waals surface area (Å²) in [4.78, 5) is 56.4. The van der Waals surface area contributed by atoms with Crippen molar-refractivity contribution in [2.45, 2.75) is 45.3 Å². The number of fused-ring (bicyclic) bond motifs is 1. The molecule has 3 amide bonds. The van der Waals surface area contributed by atoms with Crippen molar-refractivity contribution in [1.29, 1.82) is 0 Å². The van der Waals surface area contributed by atoms with E-state index < -0.39 is 23.4 Å². The highest BCUT2D eigenvalue weighted by molar-refractivity contribution is 6.21. The summed E-state index contributed by atoms with van der Waals surface area (Å²) in [6.45, 7) is 6.41. The molecule has 0 bridgehead atoms. The number of piperidine rings is 1. The Hall–Kier alpha value is -3.69. The fourth-order valence-electron chi connectivity index (χ4n) is 3.69. The monoisotopic (exact) mass is 440 g/mol. The van der Waals surface area contributed by atoms with E-state index in [4.69, 9.17) is 9.57 Å². The van der Waals surface area contributed by atoms with Crippen molar-refractivity contribution >= 4 is 23.9 Å². The van der Waals surface area contributed by atoms with Crippen LogP contribution in [0.1, 0.15) is 70.7 Å². The SMILES string of the molecule is CC(C)(C)OC(=O)N1CCCC(n2cc(C(=O)ON3C(=O)c4ccccc4C3=O)cn2)C1. The molecule has 32 heavy (non-hydrogen) atoms. The summed E-state index contributed by atoms with van der Waals surface area (Å²) in [5, 5.41) is 4.70. The summed E-state index contributed by atoms with van der Waals surface area (Å²) < 4.78 is 7.03. The second kappa shape index (κ2) is 8.10. The van der Waals surface area contributed by atoms with Gasteiger partial charge in [0.2, 0.25) is 0 Å². The van der Waals surface area contributed by atoms with Crippen molar-refractivity contribution in [2.75, 3.05) is 13.1 Å². The van der Waals surface area contributed by atoms with Gasteiger partial charge in [-0.05, 0) is 45.7 Å². The quantitative estimate of drug-likeness (QED) is 0.675. The van der Waals surface area contributed by atoms with Crippen LogP contribution in [0.15, 0.2) is 36.7 Å². The van der Waals surface area contributed by atoms with E-state index in [-0.39, 0.29) is 28.8 Å². The number of amides is 3. The van der Waals surface area contributed by atoms with Crippen LogP contribution in [-0.2, 0) is 9.57 Å². The first-order valence-corrected chi connectivity index (χ1v) is 10.4. The fraction of sp³-hybridized carbons (Fsp3) is 0.409. The Morgan fingerprint density at radius 3 is 2.38 bits per heavy atom. The Kier molecular flexibility index (Phi) is 5.45. The largest absolute Gasteiger partial charge is 0.444 e. The first-order valence-electron chi connectivity index (χ1n) is 10.4. The Balaban J connectivity index is 1.41. The van der Waals surface area contributed by atoms with E-state index in [9.17, 15) is 19.2 Å². The van der Waals surface area contributed by atoms with E-state index in [1.807, 2.05) is 20.8 Å². The molecule has 0 N–H and O–H groups in total. The second-order valence-corrected chi connectivity index (χ2v) is 8.76. The van der Waals surface area contributed by atoms with Gasteiger partial charge in [0.25, 0.3) is 11.8 Å². The standard InChI is InChI=1S/C22H24N4O6/c1-22(2,3)31-21(30)24-10-6-7-15(13-24)25-12-14(11-23-25)20(29)32-26-18(27)16-8-4-5-9-17(16)19(26)28/h4-5,8-9,11-12,15H,6-7,10,13H2,1-3H3. The van der Waals surface area contributed by atoms with Gasteiger partial charge in [-0.25, -0.2) is 9.59 Å². The third-order valence-corrected chi connectivity index (χ3v) is 5.19. The summed E-state index contributed by atoms with van der Waals surface area (Å²) in [7, 11) is 0. The molecule has 0 radical (unpaired) electrons. The van der Waals surface area contributed by atoms with Crippen molar-refractivity contribution < 1.29 is 28.8 Å². The molecule has 2 aliphatic heterocycles. The molecule has 4 rings (SSSR count). The predicted molar refractivity (Wildman–Crippen MR) is 111 cm³/mol. The number of hydrogen-bond acceptors (Lipinski definition) is 7. The van der Waals surface area contributed by atoms with Crippen LogP contribution < -0.4 is 0 Å².